The van der Waals surface area contributed by atoms with Crippen LogP contribution in [0.15, 0.2) is 24.8 Å². The van der Waals surface area contributed by atoms with Gasteiger partial charge < -0.3 is 20.5 Å². The maximum Gasteiger partial charge on any atom is 0.255 e. The number of rotatable bonds is 6. The van der Waals surface area contributed by atoms with Gasteiger partial charge in [-0.2, -0.15) is 0 Å². The highest BCUT2D eigenvalue weighted by atomic mass is 35.5. The topological polar surface area (TPSA) is 76.8 Å². The van der Waals surface area contributed by atoms with Crippen molar-refractivity contribution in [3.63, 3.8) is 0 Å². The van der Waals surface area contributed by atoms with Gasteiger partial charge in [0, 0.05) is 32.8 Å². The molecule has 1 amide bonds. The van der Waals surface area contributed by atoms with Crippen molar-refractivity contribution in [2.75, 3.05) is 39.6 Å². The van der Waals surface area contributed by atoms with Crippen molar-refractivity contribution >= 4 is 23.2 Å². The molecule has 3 N–H and O–H groups in total. The van der Waals surface area contributed by atoms with Crippen molar-refractivity contribution in [2.45, 2.75) is 18.6 Å². The lowest BCUT2D eigenvalue weighted by atomic mass is 10.0. The number of ether oxygens (including phenoxy) is 2. The molecule has 1 aliphatic heterocycles. The number of carbonyl (C=O) groups excluding carboxylic acids is 1. The maximum absolute atomic E-state index is 12.6. The minimum Gasteiger partial charge on any atom is -0.496 e. The van der Waals surface area contributed by atoms with Gasteiger partial charge in [0.1, 0.15) is 5.75 Å². The zero-order chi connectivity index (χ0) is 17.7. The lowest BCUT2D eigenvalue weighted by molar-refractivity contribution is 0.00988. The van der Waals surface area contributed by atoms with Crippen molar-refractivity contribution in [2.24, 2.45) is 0 Å². The smallest absolute Gasteiger partial charge is 0.255 e. The van der Waals surface area contributed by atoms with E-state index in [1.807, 2.05) is 6.08 Å². The van der Waals surface area contributed by atoms with E-state index in [4.69, 9.17) is 26.8 Å². The Morgan fingerprint density at radius 1 is 1.54 bits per heavy atom. The molecule has 0 saturated carbocycles. The summed E-state index contributed by atoms with van der Waals surface area (Å²) in [6.07, 6.45) is 2.58. The predicted octanol–water partition coefficient (Wildman–Crippen LogP) is 1.94. The summed E-state index contributed by atoms with van der Waals surface area (Å²) in [7, 11) is 3.15. The molecule has 1 aliphatic rings. The first kappa shape index (κ1) is 18.6. The number of piperidine rings is 1. The van der Waals surface area contributed by atoms with Crippen molar-refractivity contribution in [1.82, 2.24) is 10.2 Å². The maximum atomic E-state index is 12.6. The molecule has 1 saturated heterocycles. The molecule has 1 fully saturated rings. The van der Waals surface area contributed by atoms with Gasteiger partial charge in [-0.1, -0.05) is 17.7 Å². The van der Waals surface area contributed by atoms with E-state index in [9.17, 15) is 4.79 Å². The van der Waals surface area contributed by atoms with Gasteiger partial charge in [-0.15, -0.1) is 6.58 Å². The second-order valence-corrected chi connectivity index (χ2v) is 6.17. The average molecular weight is 354 g/mol. The zero-order valence-electron chi connectivity index (χ0n) is 14.0. The molecule has 1 aromatic rings. The Kier molecular flexibility index (Phi) is 6.48. The number of nitrogen functional groups attached to an aromatic ring is 1. The van der Waals surface area contributed by atoms with E-state index < -0.39 is 0 Å². The molecule has 7 heteroatoms. The number of halogens is 1. The summed E-state index contributed by atoms with van der Waals surface area (Å²) in [5.41, 5.74) is 6.49. The number of nitrogens with one attached hydrogen (secondary N) is 1. The molecule has 132 valence electrons. The number of amides is 1. The predicted molar refractivity (Wildman–Crippen MR) is 95.7 cm³/mol. The second-order valence-electron chi connectivity index (χ2n) is 5.77. The van der Waals surface area contributed by atoms with Crippen molar-refractivity contribution < 1.29 is 14.3 Å². The van der Waals surface area contributed by atoms with E-state index in [0.717, 1.165) is 26.1 Å². The number of nitrogens with two attached hydrogens (primary N) is 1. The van der Waals surface area contributed by atoms with E-state index in [2.05, 4.69) is 16.8 Å². The molecule has 0 unspecified atom stereocenters. The molecule has 0 aromatic heterocycles. The Hall–Kier alpha value is -1.76. The van der Waals surface area contributed by atoms with E-state index in [0.29, 0.717) is 22.0 Å². The molecule has 24 heavy (non-hydrogen) atoms. The Bertz CT molecular complexity index is 609. The average Bonchev–Trinajstić information content (AvgIpc) is 2.58. The van der Waals surface area contributed by atoms with Crippen LogP contribution in [0.5, 0.6) is 5.75 Å². The molecule has 0 aliphatic carbocycles. The molecule has 2 rings (SSSR count). The summed E-state index contributed by atoms with van der Waals surface area (Å²) in [5.74, 6) is 0.144. The third-order valence-electron chi connectivity index (χ3n) is 4.21. The van der Waals surface area contributed by atoms with Crippen LogP contribution in [0.25, 0.3) is 0 Å². The van der Waals surface area contributed by atoms with Crippen LogP contribution < -0.4 is 15.8 Å². The van der Waals surface area contributed by atoms with E-state index in [1.165, 1.54) is 13.2 Å². The fourth-order valence-electron chi connectivity index (χ4n) is 2.89. The molecule has 0 bridgehead atoms. The lowest BCUT2D eigenvalue weighted by Crippen LogP contribution is -2.54. The minimum absolute atomic E-state index is 0.0791. The highest BCUT2D eigenvalue weighted by molar-refractivity contribution is 6.33. The molecular formula is C17H24ClN3O3. The fraction of sp³-hybridized carbons (Fsp3) is 0.471. The fourth-order valence-corrected chi connectivity index (χ4v) is 3.06. The first-order valence-corrected chi connectivity index (χ1v) is 8.17. The van der Waals surface area contributed by atoms with Gasteiger partial charge in [0.25, 0.3) is 5.91 Å². The van der Waals surface area contributed by atoms with E-state index in [1.54, 1.807) is 13.2 Å². The number of carbonyl (C=O) groups is 1. The largest absolute Gasteiger partial charge is 0.496 e. The van der Waals surface area contributed by atoms with Gasteiger partial charge in [0.15, 0.2) is 0 Å². The Balaban J connectivity index is 2.11. The van der Waals surface area contributed by atoms with Crippen LogP contribution in [-0.2, 0) is 4.74 Å². The minimum atomic E-state index is -0.252. The van der Waals surface area contributed by atoms with Crippen LogP contribution in [0.3, 0.4) is 0 Å². The van der Waals surface area contributed by atoms with Crippen LogP contribution in [-0.4, -0.2) is 56.8 Å². The molecular weight excluding hydrogens is 330 g/mol. The summed E-state index contributed by atoms with van der Waals surface area (Å²) < 4.78 is 10.8. The standard InChI is InChI=1S/C17H24ClN3O3/c1-4-6-21-7-5-14(16(10-21)24-3)20-17(22)11-8-12(18)13(19)9-15(11)23-2/h4,8-9,14,16H,1,5-7,10,19H2,2-3H3,(H,20,22)/t14-,16+/m1/s1. The van der Waals surface area contributed by atoms with Crippen molar-refractivity contribution in [3.05, 3.63) is 35.4 Å². The van der Waals surface area contributed by atoms with Crippen LogP contribution in [0.2, 0.25) is 5.02 Å². The number of methoxy groups -OCH3 is 2. The molecule has 1 aromatic carbocycles. The van der Waals surface area contributed by atoms with E-state index in [-0.39, 0.29) is 18.1 Å². The summed E-state index contributed by atoms with van der Waals surface area (Å²) in [6.45, 7) is 6.18. The van der Waals surface area contributed by atoms with Gasteiger partial charge in [0.2, 0.25) is 0 Å². The van der Waals surface area contributed by atoms with Gasteiger partial charge in [-0.3, -0.25) is 9.69 Å². The van der Waals surface area contributed by atoms with Crippen LogP contribution >= 0.6 is 11.6 Å². The summed E-state index contributed by atoms with van der Waals surface area (Å²) >= 11 is 6.04. The summed E-state index contributed by atoms with van der Waals surface area (Å²) in [4.78, 5) is 14.9. The Morgan fingerprint density at radius 3 is 2.92 bits per heavy atom. The first-order chi connectivity index (χ1) is 11.5. The number of anilines is 1. The van der Waals surface area contributed by atoms with Gasteiger partial charge >= 0.3 is 0 Å². The Labute approximate surface area is 147 Å². The van der Waals surface area contributed by atoms with E-state index >= 15 is 0 Å². The SMILES string of the molecule is C=CCN1CC[C@@H](NC(=O)c2cc(Cl)c(N)cc2OC)[C@@H](OC)C1. The number of benzene rings is 1. The first-order valence-electron chi connectivity index (χ1n) is 7.80. The lowest BCUT2D eigenvalue weighted by Gasteiger charge is -2.37. The normalized spacial score (nSPS) is 21.3. The van der Waals surface area contributed by atoms with Crippen molar-refractivity contribution in [3.8, 4) is 5.75 Å². The molecule has 1 heterocycles. The summed E-state index contributed by atoms with van der Waals surface area (Å²) in [5, 5.41) is 3.35. The van der Waals surface area contributed by atoms with Gasteiger partial charge in [-0.05, 0) is 12.5 Å². The van der Waals surface area contributed by atoms with Gasteiger partial charge in [0.05, 0.1) is 35.5 Å². The monoisotopic (exact) mass is 353 g/mol. The van der Waals surface area contributed by atoms with Crippen LogP contribution in [0.4, 0.5) is 5.69 Å². The second kappa shape index (κ2) is 8.37. The molecule has 0 spiro atoms. The molecule has 0 radical (unpaired) electrons. The number of hydrogen-bond donors (Lipinski definition) is 2. The van der Waals surface area contributed by atoms with Crippen LogP contribution in [0.1, 0.15) is 16.8 Å². The Morgan fingerprint density at radius 2 is 2.29 bits per heavy atom. The summed E-state index contributed by atoms with van der Waals surface area (Å²) in [6, 6.07) is 3.00. The quantitative estimate of drug-likeness (QED) is 0.603. The van der Waals surface area contributed by atoms with Crippen molar-refractivity contribution in [1.29, 1.82) is 0 Å². The highest BCUT2D eigenvalue weighted by Crippen LogP contribution is 2.29. The third kappa shape index (κ3) is 4.20. The number of nitrogens with zero attached hydrogens (tertiary/aromatic N) is 1. The van der Waals surface area contributed by atoms with Gasteiger partial charge in [-0.25, -0.2) is 0 Å². The number of likely N-dealkylation sites (tertiary alicyclic amines) is 1. The zero-order valence-corrected chi connectivity index (χ0v) is 14.8. The third-order valence-corrected chi connectivity index (χ3v) is 4.54. The molecule has 2 atom stereocenters. The highest BCUT2D eigenvalue weighted by Gasteiger charge is 2.30. The van der Waals surface area contributed by atoms with Crippen LogP contribution in [0, 0.1) is 0 Å². The number of hydrogen-bond acceptors (Lipinski definition) is 5. The molecule has 6 nitrogen and oxygen atoms in total.